The third kappa shape index (κ3) is 5.11. The van der Waals surface area contributed by atoms with Crippen molar-refractivity contribution in [3.8, 4) is 24.2 Å². The number of nitrogens with zero attached hydrogens (tertiary/aromatic N) is 8. The highest BCUT2D eigenvalue weighted by Crippen LogP contribution is 2.40. The first kappa shape index (κ1) is 28.1. The van der Waals surface area contributed by atoms with Gasteiger partial charge in [-0.25, -0.2) is 9.97 Å². The van der Waals surface area contributed by atoms with E-state index in [-0.39, 0.29) is 30.1 Å². The van der Waals surface area contributed by atoms with Crippen LogP contribution in [-0.2, 0) is 9.47 Å². The first-order valence-electron chi connectivity index (χ1n) is 12.9. The van der Waals surface area contributed by atoms with Crippen LogP contribution in [0.15, 0.2) is 12.7 Å². The number of anilines is 2. The van der Waals surface area contributed by atoms with Crippen molar-refractivity contribution >= 4 is 34.0 Å². The molecule has 0 aromatic carbocycles. The highest BCUT2D eigenvalue weighted by Gasteiger charge is 2.40. The van der Waals surface area contributed by atoms with Gasteiger partial charge in [0.25, 0.3) is 0 Å². The Morgan fingerprint density at radius 2 is 1.44 bits per heavy atom. The van der Waals surface area contributed by atoms with Crippen LogP contribution in [0, 0.1) is 36.3 Å². The lowest BCUT2D eigenvalue weighted by molar-refractivity contribution is -0.0618. The number of rotatable bonds is 4. The standard InChI is InChI=1S/C14H16FN5O.C12H12FN5O2/c1-3-6-14(4-2)7-5-9(21-14)20-8-17-10-11(16)18-13(15)19-12(10)20;1-2-12(5-19)4-3-7(20-12)18-6-15-8-9(14)16-11(13)17-10(8)18/h8-9H,4-5,7H2,1-2H3,(H2,16,18,19);1,6-7,19H,3-5H2,(H2,14,16,17)/t9-,14+;7-,12+/m11/s1. The number of hydrogen-bond acceptors (Lipinski definition) is 11. The summed E-state index contributed by atoms with van der Waals surface area (Å²) >= 11 is 0. The predicted octanol–water partition coefficient (Wildman–Crippen LogP) is 2.25. The van der Waals surface area contributed by atoms with Gasteiger partial charge in [0, 0.05) is 0 Å². The lowest BCUT2D eigenvalue weighted by Gasteiger charge is -2.22. The quantitative estimate of drug-likeness (QED) is 0.244. The van der Waals surface area contributed by atoms with E-state index in [4.69, 9.17) is 27.4 Å². The SMILES string of the molecule is C#C[C@@]1(CO)CC[C@H](n2cnc3c(N)nc(F)nc32)O1.CC#C[C@@]1(CC)CC[C@H](n2cnc3c(N)nc(F)nc32)O1. The molecule has 5 N–H and O–H groups in total. The van der Waals surface area contributed by atoms with Crippen LogP contribution in [0.2, 0.25) is 0 Å². The number of nitrogen functional groups attached to an aromatic ring is 2. The lowest BCUT2D eigenvalue weighted by Crippen LogP contribution is -2.31. The molecule has 41 heavy (non-hydrogen) atoms. The van der Waals surface area contributed by atoms with Gasteiger partial charge in [-0.15, -0.1) is 12.3 Å². The van der Waals surface area contributed by atoms with Gasteiger partial charge in [0.05, 0.1) is 19.3 Å². The van der Waals surface area contributed by atoms with E-state index in [2.05, 4.69) is 47.7 Å². The molecular weight excluding hydrogens is 538 g/mol. The second kappa shape index (κ2) is 10.9. The van der Waals surface area contributed by atoms with E-state index in [0.717, 1.165) is 19.3 Å². The molecule has 2 saturated heterocycles. The van der Waals surface area contributed by atoms with Crippen LogP contribution in [0.25, 0.3) is 22.3 Å². The van der Waals surface area contributed by atoms with Crippen molar-refractivity contribution in [1.82, 2.24) is 39.0 Å². The normalized spacial score (nSPS) is 25.5. The molecular formula is C26H28F2N10O3. The van der Waals surface area contributed by atoms with E-state index < -0.39 is 29.6 Å². The van der Waals surface area contributed by atoms with Gasteiger partial charge in [0.2, 0.25) is 0 Å². The molecule has 0 aliphatic carbocycles. The van der Waals surface area contributed by atoms with E-state index in [9.17, 15) is 13.9 Å². The van der Waals surface area contributed by atoms with Crippen LogP contribution < -0.4 is 11.5 Å². The molecule has 13 nitrogen and oxygen atoms in total. The average molecular weight is 567 g/mol. The van der Waals surface area contributed by atoms with Crippen molar-refractivity contribution in [2.45, 2.75) is 69.6 Å². The minimum absolute atomic E-state index is 0.0318. The summed E-state index contributed by atoms with van der Waals surface area (Å²) in [5, 5.41) is 9.34. The first-order valence-corrected chi connectivity index (χ1v) is 12.9. The summed E-state index contributed by atoms with van der Waals surface area (Å²) in [6, 6.07) is 0. The Morgan fingerprint density at radius 1 is 0.951 bits per heavy atom. The Labute approximate surface area is 233 Å². The fourth-order valence-electron chi connectivity index (χ4n) is 5.04. The van der Waals surface area contributed by atoms with Gasteiger partial charge in [0.1, 0.15) is 18.1 Å². The molecule has 0 spiro atoms. The zero-order valence-electron chi connectivity index (χ0n) is 22.4. The molecule has 6 rings (SSSR count). The maximum Gasteiger partial charge on any atom is 0.312 e. The van der Waals surface area contributed by atoms with Crippen LogP contribution in [0.1, 0.15) is 58.4 Å². The Bertz CT molecular complexity index is 1710. The monoisotopic (exact) mass is 566 g/mol. The van der Waals surface area contributed by atoms with Gasteiger partial charge in [0.15, 0.2) is 39.6 Å². The Morgan fingerprint density at radius 3 is 1.85 bits per heavy atom. The Hall–Kier alpha value is -4.44. The van der Waals surface area contributed by atoms with Crippen molar-refractivity contribution in [1.29, 1.82) is 0 Å². The van der Waals surface area contributed by atoms with Gasteiger partial charge in [-0.3, -0.25) is 9.13 Å². The molecule has 0 amide bonds. The average Bonchev–Trinajstić information content (AvgIpc) is 3.74. The smallest absolute Gasteiger partial charge is 0.312 e. The van der Waals surface area contributed by atoms with Gasteiger partial charge >= 0.3 is 12.2 Å². The third-order valence-corrected chi connectivity index (χ3v) is 7.22. The molecule has 6 heterocycles. The number of fused-ring (bicyclic) bond motifs is 2. The van der Waals surface area contributed by atoms with E-state index in [1.54, 1.807) is 22.4 Å². The molecule has 0 unspecified atom stereocenters. The molecule has 2 fully saturated rings. The molecule has 0 saturated carbocycles. The zero-order chi connectivity index (χ0) is 29.4. The summed E-state index contributed by atoms with van der Waals surface area (Å²) in [4.78, 5) is 22.6. The highest BCUT2D eigenvalue weighted by atomic mass is 19.1. The summed E-state index contributed by atoms with van der Waals surface area (Å²) in [6.45, 7) is 3.56. The largest absolute Gasteiger partial charge is 0.392 e. The van der Waals surface area contributed by atoms with Crippen LogP contribution in [0.3, 0.4) is 0 Å². The molecule has 4 aromatic heterocycles. The Balaban J connectivity index is 0.000000165. The third-order valence-electron chi connectivity index (χ3n) is 7.22. The maximum absolute atomic E-state index is 13.4. The molecule has 214 valence electrons. The number of hydrogen-bond donors (Lipinski definition) is 3. The summed E-state index contributed by atoms with van der Waals surface area (Å²) < 4.78 is 41.7. The molecule has 2 aliphatic rings. The van der Waals surface area contributed by atoms with Crippen molar-refractivity contribution in [2.75, 3.05) is 18.1 Å². The van der Waals surface area contributed by atoms with Crippen molar-refractivity contribution in [2.24, 2.45) is 0 Å². The summed E-state index contributed by atoms with van der Waals surface area (Å²) in [5.74, 6) is 8.50. The van der Waals surface area contributed by atoms with E-state index in [0.29, 0.717) is 29.5 Å². The van der Waals surface area contributed by atoms with E-state index in [1.165, 1.54) is 6.33 Å². The Kier molecular flexibility index (Phi) is 7.44. The highest BCUT2D eigenvalue weighted by molar-refractivity contribution is 5.81. The fraction of sp³-hybridized carbons (Fsp3) is 0.462. The van der Waals surface area contributed by atoms with Crippen molar-refractivity contribution in [3.05, 3.63) is 24.8 Å². The van der Waals surface area contributed by atoms with E-state index in [1.807, 2.05) is 6.92 Å². The number of aromatic nitrogens is 8. The van der Waals surface area contributed by atoms with Crippen LogP contribution in [0.5, 0.6) is 0 Å². The summed E-state index contributed by atoms with van der Waals surface area (Å²) in [5.41, 5.74) is 11.1. The lowest BCUT2D eigenvalue weighted by atomic mass is 9.98. The minimum Gasteiger partial charge on any atom is -0.392 e. The minimum atomic E-state index is -1.02. The summed E-state index contributed by atoms with van der Waals surface area (Å²) in [6.07, 6.45) is 9.28. The van der Waals surface area contributed by atoms with Crippen molar-refractivity contribution < 1.29 is 23.4 Å². The molecule has 0 bridgehead atoms. The second-order valence-electron chi connectivity index (χ2n) is 9.65. The van der Waals surface area contributed by atoms with Crippen LogP contribution in [0.4, 0.5) is 20.4 Å². The molecule has 0 radical (unpaired) electrons. The number of ether oxygens (including phenoxy) is 2. The van der Waals surface area contributed by atoms with Gasteiger partial charge < -0.3 is 26.0 Å². The van der Waals surface area contributed by atoms with Gasteiger partial charge in [-0.2, -0.15) is 28.7 Å². The van der Waals surface area contributed by atoms with E-state index >= 15 is 0 Å². The van der Waals surface area contributed by atoms with Gasteiger partial charge in [-0.1, -0.05) is 18.8 Å². The van der Waals surface area contributed by atoms with Crippen molar-refractivity contribution in [3.63, 3.8) is 0 Å². The first-order chi connectivity index (χ1) is 19.7. The maximum atomic E-state index is 13.4. The second-order valence-corrected chi connectivity index (χ2v) is 9.65. The number of terminal acetylenes is 1. The topological polar surface area (TPSA) is 178 Å². The number of aliphatic hydroxyl groups excluding tert-OH is 1. The zero-order valence-corrected chi connectivity index (χ0v) is 22.4. The number of imidazole rings is 2. The van der Waals surface area contributed by atoms with Crippen LogP contribution in [-0.4, -0.2) is 62.0 Å². The fourth-order valence-corrected chi connectivity index (χ4v) is 5.04. The number of nitrogens with two attached hydrogens (primary N) is 2. The summed E-state index contributed by atoms with van der Waals surface area (Å²) in [7, 11) is 0. The van der Waals surface area contributed by atoms with Gasteiger partial charge in [-0.05, 0) is 39.0 Å². The molecule has 2 aliphatic heterocycles. The molecule has 4 atom stereocenters. The molecule has 4 aromatic rings. The number of halogens is 2. The molecule has 15 heteroatoms. The predicted molar refractivity (Wildman–Crippen MR) is 143 cm³/mol. The number of aliphatic hydroxyl groups is 1. The van der Waals surface area contributed by atoms with Crippen LogP contribution >= 0.6 is 0 Å².